The summed E-state index contributed by atoms with van der Waals surface area (Å²) in [6.07, 6.45) is 5.43. The zero-order valence-electron chi connectivity index (χ0n) is 20.0. The van der Waals surface area contributed by atoms with E-state index >= 15 is 0 Å². The summed E-state index contributed by atoms with van der Waals surface area (Å²) in [5, 5.41) is 23.8. The van der Waals surface area contributed by atoms with Gasteiger partial charge >= 0.3 is 0 Å². The van der Waals surface area contributed by atoms with Gasteiger partial charge in [0.25, 0.3) is 0 Å². The molecule has 2 saturated heterocycles. The van der Waals surface area contributed by atoms with Gasteiger partial charge in [-0.1, -0.05) is 40.0 Å². The molecule has 5 N–H and O–H groups in total. The lowest BCUT2D eigenvalue weighted by molar-refractivity contribution is -0.286. The van der Waals surface area contributed by atoms with E-state index < -0.39 is 30.6 Å². The summed E-state index contributed by atoms with van der Waals surface area (Å²) in [5.74, 6) is 1.17. The molecule has 2 aliphatic heterocycles. The van der Waals surface area contributed by atoms with E-state index in [9.17, 15) is 15.0 Å². The van der Waals surface area contributed by atoms with E-state index in [1.807, 2.05) is 0 Å². The van der Waals surface area contributed by atoms with Crippen LogP contribution in [0.2, 0.25) is 0 Å². The second-order valence-corrected chi connectivity index (χ2v) is 9.76. The maximum atomic E-state index is 12.5. The number of hydrogen-bond donors (Lipinski definition) is 4. The van der Waals surface area contributed by atoms with Crippen LogP contribution in [-0.4, -0.2) is 59.4 Å². The minimum atomic E-state index is -1.06. The Morgan fingerprint density at radius 2 is 1.77 bits per heavy atom. The predicted molar refractivity (Wildman–Crippen MR) is 121 cm³/mol. The molecule has 0 radical (unpaired) electrons. The molecule has 7 nitrogen and oxygen atoms in total. The number of hydrogen-bond acceptors (Lipinski definition) is 6. The molecule has 2 rings (SSSR count). The Labute approximate surface area is 188 Å². The fourth-order valence-corrected chi connectivity index (χ4v) is 4.97. The van der Waals surface area contributed by atoms with E-state index in [0.29, 0.717) is 18.4 Å². The Hall–Kier alpha value is -0.730. The number of amides is 1. The van der Waals surface area contributed by atoms with Crippen molar-refractivity contribution in [1.82, 2.24) is 5.32 Å². The molecule has 2 heterocycles. The topological polar surface area (TPSA) is 114 Å². The van der Waals surface area contributed by atoms with Crippen LogP contribution in [0.4, 0.5) is 0 Å². The molecule has 0 aromatic carbocycles. The minimum Gasteiger partial charge on any atom is -0.389 e. The number of nitrogens with two attached hydrogens (primary N) is 1. The van der Waals surface area contributed by atoms with Crippen molar-refractivity contribution in [2.75, 3.05) is 6.54 Å². The van der Waals surface area contributed by atoms with Crippen LogP contribution in [0.5, 0.6) is 0 Å². The first kappa shape index (κ1) is 26.5. The predicted octanol–water partition coefficient (Wildman–Crippen LogP) is 2.71. The summed E-state index contributed by atoms with van der Waals surface area (Å²) in [5.41, 5.74) is 6.00. The molecule has 0 bridgehead atoms. The van der Waals surface area contributed by atoms with Crippen LogP contribution < -0.4 is 11.1 Å². The third kappa shape index (κ3) is 7.67. The number of nitrogens with one attached hydrogen (secondary N) is 1. The fourth-order valence-electron chi connectivity index (χ4n) is 4.97. The average molecular weight is 443 g/mol. The smallest absolute Gasteiger partial charge is 0.223 e. The second kappa shape index (κ2) is 13.1. The first-order valence-corrected chi connectivity index (χ1v) is 12.5. The highest BCUT2D eigenvalue weighted by Crippen LogP contribution is 2.30. The van der Waals surface area contributed by atoms with Gasteiger partial charge in [0.1, 0.15) is 6.10 Å². The molecule has 0 unspecified atom stereocenters. The zero-order valence-corrected chi connectivity index (χ0v) is 20.0. The highest BCUT2D eigenvalue weighted by atomic mass is 16.7. The number of carbonyl (C=O) groups excluding carboxylic acids is 1. The van der Waals surface area contributed by atoms with Crippen molar-refractivity contribution in [1.29, 1.82) is 0 Å². The lowest BCUT2D eigenvalue weighted by atomic mass is 9.86. The standard InChI is InChI=1S/C24H46N2O5/c1-5-17-11-8-14-26-23(29)18(6-2)10-7-9-15(3)12-13-19(17)31-24-22(28)20(25)21(27)16(4)30-24/h15-22,24,27-28H,5-14,25H2,1-4H3,(H,26,29)/t15-,16-,17+,18+,19+,20+,21+,22+,24-/m0/s1. The largest absolute Gasteiger partial charge is 0.389 e. The zero-order chi connectivity index (χ0) is 23.0. The van der Waals surface area contributed by atoms with Gasteiger partial charge in [-0.15, -0.1) is 0 Å². The van der Waals surface area contributed by atoms with Gasteiger partial charge < -0.3 is 30.7 Å². The van der Waals surface area contributed by atoms with E-state index in [1.54, 1.807) is 6.92 Å². The molecule has 1 amide bonds. The van der Waals surface area contributed by atoms with Crippen molar-refractivity contribution < 1.29 is 24.5 Å². The van der Waals surface area contributed by atoms with Gasteiger partial charge in [0.15, 0.2) is 6.29 Å². The first-order chi connectivity index (χ1) is 14.8. The van der Waals surface area contributed by atoms with Crippen molar-refractivity contribution in [2.45, 2.75) is 122 Å². The van der Waals surface area contributed by atoms with Crippen molar-refractivity contribution in [3.63, 3.8) is 0 Å². The van der Waals surface area contributed by atoms with E-state index in [1.165, 1.54) is 0 Å². The van der Waals surface area contributed by atoms with Crippen LogP contribution in [0, 0.1) is 17.8 Å². The number of rotatable bonds is 4. The van der Waals surface area contributed by atoms with Gasteiger partial charge in [0.05, 0.1) is 24.4 Å². The van der Waals surface area contributed by atoms with Gasteiger partial charge in [-0.2, -0.15) is 0 Å². The summed E-state index contributed by atoms with van der Waals surface area (Å²) in [7, 11) is 0. The Balaban J connectivity index is 2.07. The molecule has 2 fully saturated rings. The Bertz CT molecular complexity index is 534. The van der Waals surface area contributed by atoms with Crippen LogP contribution in [-0.2, 0) is 14.3 Å². The molecule has 0 saturated carbocycles. The molecule has 0 aliphatic carbocycles. The maximum Gasteiger partial charge on any atom is 0.223 e. The van der Waals surface area contributed by atoms with Crippen molar-refractivity contribution in [3.05, 3.63) is 0 Å². The minimum absolute atomic E-state index is 0.0521. The van der Waals surface area contributed by atoms with Gasteiger partial charge in [-0.25, -0.2) is 0 Å². The third-order valence-electron chi connectivity index (χ3n) is 7.36. The van der Waals surface area contributed by atoms with Gasteiger partial charge in [0, 0.05) is 12.5 Å². The van der Waals surface area contributed by atoms with Crippen LogP contribution in [0.1, 0.15) is 85.5 Å². The molecule has 0 spiro atoms. The number of ether oxygens (including phenoxy) is 2. The summed E-state index contributed by atoms with van der Waals surface area (Å²) < 4.78 is 12.1. The van der Waals surface area contributed by atoms with Gasteiger partial charge in [-0.3, -0.25) is 4.79 Å². The van der Waals surface area contributed by atoms with E-state index in [-0.39, 0.29) is 17.9 Å². The molecule has 7 heteroatoms. The third-order valence-corrected chi connectivity index (χ3v) is 7.36. The Morgan fingerprint density at radius 1 is 1.03 bits per heavy atom. The van der Waals surface area contributed by atoms with Crippen LogP contribution in [0.15, 0.2) is 0 Å². The first-order valence-electron chi connectivity index (χ1n) is 12.5. The van der Waals surface area contributed by atoms with Crippen molar-refractivity contribution in [3.8, 4) is 0 Å². The van der Waals surface area contributed by atoms with Crippen molar-refractivity contribution >= 4 is 5.91 Å². The summed E-state index contributed by atoms with van der Waals surface area (Å²) >= 11 is 0. The lowest BCUT2D eigenvalue weighted by Gasteiger charge is -2.42. The van der Waals surface area contributed by atoms with E-state index in [0.717, 1.165) is 57.8 Å². The average Bonchev–Trinajstić information content (AvgIpc) is 2.75. The molecular formula is C24H46N2O5. The molecular weight excluding hydrogens is 396 g/mol. The monoisotopic (exact) mass is 442 g/mol. The summed E-state index contributed by atoms with van der Waals surface area (Å²) in [4.78, 5) is 12.5. The second-order valence-electron chi connectivity index (χ2n) is 9.76. The lowest BCUT2D eigenvalue weighted by Crippen LogP contribution is -2.61. The van der Waals surface area contributed by atoms with Crippen LogP contribution in [0.3, 0.4) is 0 Å². The Kier molecular flexibility index (Phi) is 11.2. The molecule has 9 atom stereocenters. The highest BCUT2D eigenvalue weighted by Gasteiger charge is 2.42. The summed E-state index contributed by atoms with van der Waals surface area (Å²) in [6, 6.07) is -0.784. The van der Waals surface area contributed by atoms with Gasteiger partial charge in [0.2, 0.25) is 5.91 Å². The SMILES string of the molecule is CC[C@@H]1CCC[C@H](C)CC[C@@H](O[C@@H]2O[C@@H](C)[C@@H](O)[C@@H](N)[C@H]2O)[C@H](CC)CCCNC1=O. The van der Waals surface area contributed by atoms with Gasteiger partial charge in [-0.05, 0) is 57.3 Å². The highest BCUT2D eigenvalue weighted by molar-refractivity contribution is 5.78. The maximum absolute atomic E-state index is 12.5. The van der Waals surface area contributed by atoms with E-state index in [4.69, 9.17) is 15.2 Å². The van der Waals surface area contributed by atoms with Crippen molar-refractivity contribution in [2.24, 2.45) is 23.5 Å². The number of carbonyl (C=O) groups is 1. The van der Waals surface area contributed by atoms with Crippen LogP contribution >= 0.6 is 0 Å². The Morgan fingerprint density at radius 3 is 2.45 bits per heavy atom. The molecule has 2 aliphatic rings. The molecule has 0 aromatic heterocycles. The quantitative estimate of drug-likeness (QED) is 0.532. The summed E-state index contributed by atoms with van der Waals surface area (Å²) in [6.45, 7) is 8.97. The van der Waals surface area contributed by atoms with E-state index in [2.05, 4.69) is 26.1 Å². The fraction of sp³-hybridized carbons (Fsp3) is 0.958. The molecule has 182 valence electrons. The molecule has 0 aromatic rings. The number of aliphatic hydroxyl groups is 2. The molecule has 31 heavy (non-hydrogen) atoms. The van der Waals surface area contributed by atoms with Crippen LogP contribution in [0.25, 0.3) is 0 Å². The normalized spacial score (nSPS) is 41.9. The number of aliphatic hydroxyl groups excluding tert-OH is 2.